The average Bonchev–Trinajstić information content (AvgIpc) is 3.42. The van der Waals surface area contributed by atoms with Gasteiger partial charge in [-0.05, 0) is 70.4 Å². The van der Waals surface area contributed by atoms with Gasteiger partial charge in [-0.2, -0.15) is 0 Å². The first-order chi connectivity index (χ1) is 14.6. The zero-order valence-corrected chi connectivity index (χ0v) is 17.4. The van der Waals surface area contributed by atoms with E-state index in [1.165, 1.54) is 46.9 Å². The minimum atomic E-state index is -0.280. The molecule has 4 rings (SSSR count). The molecular weight excluding hydrogens is 418 g/mol. The summed E-state index contributed by atoms with van der Waals surface area (Å²) in [6, 6.07) is 16.0. The van der Waals surface area contributed by atoms with Crippen molar-refractivity contribution in [2.45, 2.75) is 0 Å². The Morgan fingerprint density at radius 2 is 1.00 bits per heavy atom. The SMILES string of the molecule is O=C(c1ccsc1C=Cc1ccc(F)cc1)c1ccsc1C=Cc1ccc(F)cc1. The van der Waals surface area contributed by atoms with Gasteiger partial charge in [0, 0.05) is 20.9 Å². The fraction of sp³-hybridized carbons (Fsp3) is 0. The molecule has 0 unspecified atom stereocenters. The summed E-state index contributed by atoms with van der Waals surface area (Å²) in [5.41, 5.74) is 2.99. The molecule has 0 spiro atoms. The van der Waals surface area contributed by atoms with E-state index >= 15 is 0 Å². The Morgan fingerprint density at radius 3 is 1.40 bits per heavy atom. The van der Waals surface area contributed by atoms with Crippen molar-refractivity contribution in [3.8, 4) is 0 Å². The first-order valence-corrected chi connectivity index (χ1v) is 10.9. The van der Waals surface area contributed by atoms with Crippen molar-refractivity contribution in [3.63, 3.8) is 0 Å². The minimum Gasteiger partial charge on any atom is -0.289 e. The molecule has 0 atom stereocenters. The molecule has 2 aromatic carbocycles. The molecule has 30 heavy (non-hydrogen) atoms. The molecule has 0 amide bonds. The van der Waals surface area contributed by atoms with Crippen molar-refractivity contribution < 1.29 is 13.6 Å². The Bertz CT molecular complexity index is 1120. The van der Waals surface area contributed by atoms with E-state index in [0.29, 0.717) is 11.1 Å². The third-order valence-corrected chi connectivity index (χ3v) is 6.24. The van der Waals surface area contributed by atoms with E-state index in [1.54, 1.807) is 24.3 Å². The molecule has 0 bridgehead atoms. The normalized spacial score (nSPS) is 11.5. The van der Waals surface area contributed by atoms with E-state index in [1.807, 2.05) is 47.2 Å². The van der Waals surface area contributed by atoms with Crippen LogP contribution in [-0.4, -0.2) is 5.78 Å². The third kappa shape index (κ3) is 4.70. The number of hydrogen-bond donors (Lipinski definition) is 0. The molecule has 0 aliphatic heterocycles. The number of thiophene rings is 2. The fourth-order valence-corrected chi connectivity index (χ4v) is 4.48. The molecule has 0 aliphatic rings. The van der Waals surface area contributed by atoms with Crippen LogP contribution in [0.5, 0.6) is 0 Å². The first-order valence-electron chi connectivity index (χ1n) is 9.17. The van der Waals surface area contributed by atoms with Crippen molar-refractivity contribution in [1.29, 1.82) is 0 Å². The van der Waals surface area contributed by atoms with E-state index in [9.17, 15) is 13.6 Å². The van der Waals surface area contributed by atoms with Gasteiger partial charge in [-0.3, -0.25) is 4.79 Å². The minimum absolute atomic E-state index is 0.0463. The van der Waals surface area contributed by atoms with E-state index < -0.39 is 0 Å². The Morgan fingerprint density at radius 1 is 0.600 bits per heavy atom. The van der Waals surface area contributed by atoms with Gasteiger partial charge < -0.3 is 0 Å². The molecule has 5 heteroatoms. The highest BCUT2D eigenvalue weighted by molar-refractivity contribution is 7.12. The topological polar surface area (TPSA) is 17.1 Å². The number of carbonyl (C=O) groups excluding carboxylic acids is 1. The number of rotatable bonds is 6. The lowest BCUT2D eigenvalue weighted by atomic mass is 10.0. The maximum Gasteiger partial charge on any atom is 0.195 e. The van der Waals surface area contributed by atoms with Gasteiger partial charge >= 0.3 is 0 Å². The van der Waals surface area contributed by atoms with Crippen LogP contribution in [0.25, 0.3) is 24.3 Å². The lowest BCUT2D eigenvalue weighted by Gasteiger charge is -2.01. The maximum absolute atomic E-state index is 13.2. The zero-order chi connectivity index (χ0) is 20.9. The average molecular weight is 435 g/mol. The predicted molar refractivity (Wildman–Crippen MR) is 123 cm³/mol. The molecule has 2 heterocycles. The second-order valence-corrected chi connectivity index (χ2v) is 8.39. The molecule has 148 valence electrons. The monoisotopic (exact) mass is 434 g/mol. The molecule has 0 N–H and O–H groups in total. The van der Waals surface area contributed by atoms with Gasteiger partial charge in [0.2, 0.25) is 0 Å². The Kier molecular flexibility index (Phi) is 6.12. The van der Waals surface area contributed by atoms with Crippen LogP contribution < -0.4 is 0 Å². The van der Waals surface area contributed by atoms with Crippen molar-refractivity contribution in [3.05, 3.63) is 115 Å². The summed E-state index contributed by atoms with van der Waals surface area (Å²) in [7, 11) is 0. The van der Waals surface area contributed by atoms with Gasteiger partial charge in [-0.1, -0.05) is 36.4 Å². The Balaban J connectivity index is 1.56. The predicted octanol–water partition coefficient (Wildman–Crippen LogP) is 7.66. The largest absolute Gasteiger partial charge is 0.289 e. The highest BCUT2D eigenvalue weighted by Crippen LogP contribution is 2.27. The molecule has 1 nitrogen and oxygen atoms in total. The van der Waals surface area contributed by atoms with E-state index in [2.05, 4.69) is 0 Å². The van der Waals surface area contributed by atoms with Gasteiger partial charge in [0.05, 0.1) is 0 Å². The van der Waals surface area contributed by atoms with Gasteiger partial charge in [0.1, 0.15) is 11.6 Å². The van der Waals surface area contributed by atoms with Crippen LogP contribution in [0, 0.1) is 11.6 Å². The summed E-state index contributed by atoms with van der Waals surface area (Å²) >= 11 is 2.97. The molecule has 2 aromatic heterocycles. The van der Waals surface area contributed by atoms with Crippen LogP contribution >= 0.6 is 22.7 Å². The van der Waals surface area contributed by atoms with Crippen LogP contribution in [0.3, 0.4) is 0 Å². The van der Waals surface area contributed by atoms with Gasteiger partial charge in [-0.15, -0.1) is 22.7 Å². The molecular formula is C25H16F2OS2. The number of hydrogen-bond acceptors (Lipinski definition) is 3. The van der Waals surface area contributed by atoms with Crippen LogP contribution in [0.15, 0.2) is 71.4 Å². The van der Waals surface area contributed by atoms with E-state index in [4.69, 9.17) is 0 Å². The highest BCUT2D eigenvalue weighted by Gasteiger charge is 2.17. The van der Waals surface area contributed by atoms with Crippen LogP contribution in [0.4, 0.5) is 8.78 Å². The second kappa shape index (κ2) is 9.11. The summed E-state index contributed by atoms with van der Waals surface area (Å²) < 4.78 is 26.1. The first kappa shape index (κ1) is 20.1. The van der Waals surface area contributed by atoms with Crippen molar-refractivity contribution in [2.75, 3.05) is 0 Å². The molecule has 0 radical (unpaired) electrons. The van der Waals surface area contributed by atoms with E-state index in [-0.39, 0.29) is 17.4 Å². The zero-order valence-electron chi connectivity index (χ0n) is 15.7. The van der Waals surface area contributed by atoms with Gasteiger partial charge in [0.25, 0.3) is 0 Å². The van der Waals surface area contributed by atoms with Crippen molar-refractivity contribution in [2.24, 2.45) is 0 Å². The second-order valence-electron chi connectivity index (χ2n) is 6.50. The van der Waals surface area contributed by atoms with Crippen molar-refractivity contribution >= 4 is 52.8 Å². The lowest BCUT2D eigenvalue weighted by molar-refractivity contribution is 0.103. The fourth-order valence-electron chi connectivity index (χ4n) is 2.91. The smallest absolute Gasteiger partial charge is 0.195 e. The van der Waals surface area contributed by atoms with Gasteiger partial charge in [-0.25, -0.2) is 8.78 Å². The van der Waals surface area contributed by atoms with Crippen molar-refractivity contribution in [1.82, 2.24) is 0 Å². The quantitative estimate of drug-likeness (QED) is 0.285. The summed E-state index contributed by atoms with van der Waals surface area (Å²) in [5, 5.41) is 3.77. The Hall–Kier alpha value is -3.15. The number of carbonyl (C=O) groups is 1. The molecule has 0 saturated heterocycles. The standard InChI is InChI=1S/C25H16F2OS2/c26-19-7-1-17(2-8-19)5-11-23-21(13-15-29-23)25(28)22-14-16-30-24(22)12-6-18-3-9-20(27)10-4-18/h1-16H. The maximum atomic E-state index is 13.2. The Labute approximate surface area is 181 Å². The summed E-state index contributed by atoms with van der Waals surface area (Å²) in [5.74, 6) is -0.606. The van der Waals surface area contributed by atoms with Gasteiger partial charge in [0.15, 0.2) is 5.78 Å². The molecule has 0 fully saturated rings. The van der Waals surface area contributed by atoms with Crippen LogP contribution in [0.2, 0.25) is 0 Å². The number of halogens is 2. The molecule has 0 aliphatic carbocycles. The molecule has 4 aromatic rings. The summed E-state index contributed by atoms with van der Waals surface area (Å²) in [4.78, 5) is 14.9. The number of ketones is 1. The third-order valence-electron chi connectivity index (χ3n) is 4.47. The van der Waals surface area contributed by atoms with Crippen LogP contribution in [-0.2, 0) is 0 Å². The number of benzene rings is 2. The summed E-state index contributed by atoms with van der Waals surface area (Å²) in [6.45, 7) is 0. The van der Waals surface area contributed by atoms with Crippen LogP contribution in [0.1, 0.15) is 36.8 Å². The van der Waals surface area contributed by atoms with E-state index in [0.717, 1.165) is 20.9 Å². The lowest BCUT2D eigenvalue weighted by Crippen LogP contribution is -2.01. The summed E-state index contributed by atoms with van der Waals surface area (Å²) in [6.07, 6.45) is 7.49. The molecule has 0 saturated carbocycles. The highest BCUT2D eigenvalue weighted by atomic mass is 32.1.